The van der Waals surface area contributed by atoms with Crippen LogP contribution in [0.2, 0.25) is 0 Å². The number of ether oxygens (including phenoxy) is 1. The van der Waals surface area contributed by atoms with E-state index in [-0.39, 0.29) is 12.0 Å². The molecule has 1 heterocycles. The summed E-state index contributed by atoms with van der Waals surface area (Å²) in [6, 6.07) is 0.182. The molecule has 1 saturated carbocycles. The molecule has 1 aromatic rings. The van der Waals surface area contributed by atoms with Gasteiger partial charge in [0.15, 0.2) is 0 Å². The smallest absolute Gasteiger partial charge is 0.235 e. The van der Waals surface area contributed by atoms with Crippen LogP contribution in [0.15, 0.2) is 12.4 Å². The van der Waals surface area contributed by atoms with Crippen LogP contribution in [0.5, 0.6) is 5.88 Å². The molecule has 1 fully saturated rings. The molecule has 2 N–H and O–H groups in total. The maximum Gasteiger partial charge on any atom is 0.235 e. The fourth-order valence-electron chi connectivity index (χ4n) is 2.47. The lowest BCUT2D eigenvalue weighted by Crippen LogP contribution is -2.34. The van der Waals surface area contributed by atoms with Gasteiger partial charge in [0.2, 0.25) is 5.88 Å². The Hall–Kier alpha value is -1.16. The minimum absolute atomic E-state index is 0.182. The van der Waals surface area contributed by atoms with E-state index in [1.54, 1.807) is 19.5 Å². The molecule has 0 spiro atoms. The van der Waals surface area contributed by atoms with E-state index < -0.39 is 0 Å². The average Bonchev–Trinajstić information content (AvgIpc) is 2.32. The number of rotatable bonds is 2. The van der Waals surface area contributed by atoms with E-state index in [0.717, 1.165) is 18.5 Å². The molecule has 0 radical (unpaired) electrons. The SMILES string of the molecule is COc1nccnc1C1CC(C)CCC1N. The third-order valence-electron chi connectivity index (χ3n) is 3.40. The molecular formula is C12H19N3O. The van der Waals surface area contributed by atoms with Crippen molar-refractivity contribution < 1.29 is 4.74 Å². The molecule has 88 valence electrons. The van der Waals surface area contributed by atoms with Crippen LogP contribution < -0.4 is 10.5 Å². The van der Waals surface area contributed by atoms with Gasteiger partial charge in [-0.1, -0.05) is 6.92 Å². The van der Waals surface area contributed by atoms with Gasteiger partial charge in [0.05, 0.1) is 7.11 Å². The van der Waals surface area contributed by atoms with E-state index in [9.17, 15) is 0 Å². The number of methoxy groups -OCH3 is 1. The molecule has 0 bridgehead atoms. The summed E-state index contributed by atoms with van der Waals surface area (Å²) >= 11 is 0. The number of aromatic nitrogens is 2. The highest BCUT2D eigenvalue weighted by Gasteiger charge is 2.30. The number of hydrogen-bond acceptors (Lipinski definition) is 4. The van der Waals surface area contributed by atoms with E-state index in [4.69, 9.17) is 10.5 Å². The Morgan fingerprint density at radius 1 is 1.31 bits per heavy atom. The second kappa shape index (κ2) is 4.78. The zero-order chi connectivity index (χ0) is 11.5. The summed E-state index contributed by atoms with van der Waals surface area (Å²) in [7, 11) is 1.63. The number of nitrogens with zero attached hydrogens (tertiary/aromatic N) is 2. The molecule has 1 aliphatic rings. The number of hydrogen-bond donors (Lipinski definition) is 1. The Morgan fingerprint density at radius 3 is 2.81 bits per heavy atom. The van der Waals surface area contributed by atoms with Gasteiger partial charge in [-0.25, -0.2) is 4.98 Å². The summed E-state index contributed by atoms with van der Waals surface area (Å²) in [6.07, 6.45) is 6.71. The summed E-state index contributed by atoms with van der Waals surface area (Å²) in [5, 5.41) is 0. The van der Waals surface area contributed by atoms with Crippen molar-refractivity contribution >= 4 is 0 Å². The lowest BCUT2D eigenvalue weighted by molar-refractivity contribution is 0.291. The van der Waals surface area contributed by atoms with Crippen LogP contribution in [0.25, 0.3) is 0 Å². The molecule has 0 aromatic carbocycles. The standard InChI is InChI=1S/C12H19N3O/c1-8-3-4-10(13)9(7-8)11-12(16-2)15-6-5-14-11/h5-6,8-10H,3-4,7,13H2,1-2H3. The molecular weight excluding hydrogens is 202 g/mol. The second-order valence-electron chi connectivity index (χ2n) is 4.64. The predicted molar refractivity (Wildman–Crippen MR) is 62.3 cm³/mol. The topological polar surface area (TPSA) is 61.0 Å². The van der Waals surface area contributed by atoms with E-state index in [2.05, 4.69) is 16.9 Å². The highest BCUT2D eigenvalue weighted by atomic mass is 16.5. The largest absolute Gasteiger partial charge is 0.480 e. The zero-order valence-corrected chi connectivity index (χ0v) is 9.89. The lowest BCUT2D eigenvalue weighted by Gasteiger charge is -2.32. The molecule has 0 amide bonds. The third kappa shape index (κ3) is 2.16. The minimum atomic E-state index is 0.182. The normalized spacial score (nSPS) is 30.1. The quantitative estimate of drug-likeness (QED) is 0.826. The predicted octanol–water partition coefficient (Wildman–Crippen LogP) is 1.72. The Morgan fingerprint density at radius 2 is 2.06 bits per heavy atom. The van der Waals surface area contributed by atoms with Crippen LogP contribution >= 0.6 is 0 Å². The zero-order valence-electron chi connectivity index (χ0n) is 9.89. The fraction of sp³-hybridized carbons (Fsp3) is 0.667. The monoisotopic (exact) mass is 221 g/mol. The highest BCUT2D eigenvalue weighted by molar-refractivity contribution is 5.24. The Balaban J connectivity index is 2.27. The highest BCUT2D eigenvalue weighted by Crippen LogP contribution is 2.36. The minimum Gasteiger partial charge on any atom is -0.480 e. The first-order chi connectivity index (χ1) is 7.72. The Labute approximate surface area is 96.2 Å². The van der Waals surface area contributed by atoms with Gasteiger partial charge in [-0.05, 0) is 25.2 Å². The molecule has 4 nitrogen and oxygen atoms in total. The summed E-state index contributed by atoms with van der Waals surface area (Å²) in [6.45, 7) is 2.27. The lowest BCUT2D eigenvalue weighted by atomic mass is 9.77. The first kappa shape index (κ1) is 11.3. The molecule has 2 rings (SSSR count). The van der Waals surface area contributed by atoms with Gasteiger partial charge in [-0.3, -0.25) is 4.98 Å². The van der Waals surface area contributed by atoms with Crippen molar-refractivity contribution in [3.8, 4) is 5.88 Å². The number of nitrogens with two attached hydrogens (primary N) is 1. The van der Waals surface area contributed by atoms with Crippen molar-refractivity contribution in [1.82, 2.24) is 9.97 Å². The van der Waals surface area contributed by atoms with Gasteiger partial charge >= 0.3 is 0 Å². The maximum atomic E-state index is 6.17. The van der Waals surface area contributed by atoms with Crippen molar-refractivity contribution in [3.05, 3.63) is 18.1 Å². The summed E-state index contributed by atoms with van der Waals surface area (Å²) < 4.78 is 5.25. The average molecular weight is 221 g/mol. The summed E-state index contributed by atoms with van der Waals surface area (Å²) in [5.74, 6) is 1.61. The Bertz CT molecular complexity index is 356. The van der Waals surface area contributed by atoms with Crippen molar-refractivity contribution in [2.45, 2.75) is 38.1 Å². The van der Waals surface area contributed by atoms with Gasteiger partial charge in [0.1, 0.15) is 5.69 Å². The van der Waals surface area contributed by atoms with Crippen LogP contribution in [0.3, 0.4) is 0 Å². The van der Waals surface area contributed by atoms with E-state index in [1.165, 1.54) is 6.42 Å². The van der Waals surface area contributed by atoms with Crippen molar-refractivity contribution in [1.29, 1.82) is 0 Å². The fourth-order valence-corrected chi connectivity index (χ4v) is 2.47. The second-order valence-corrected chi connectivity index (χ2v) is 4.64. The van der Waals surface area contributed by atoms with E-state index in [1.807, 2.05) is 0 Å². The molecule has 16 heavy (non-hydrogen) atoms. The summed E-state index contributed by atoms with van der Waals surface area (Å²) in [5.41, 5.74) is 7.09. The molecule has 0 aliphatic heterocycles. The van der Waals surface area contributed by atoms with Gasteiger partial charge in [-0.2, -0.15) is 0 Å². The summed E-state index contributed by atoms with van der Waals surface area (Å²) in [4.78, 5) is 8.58. The van der Waals surface area contributed by atoms with Crippen LogP contribution in [0.4, 0.5) is 0 Å². The first-order valence-corrected chi connectivity index (χ1v) is 5.83. The van der Waals surface area contributed by atoms with Crippen LogP contribution in [0.1, 0.15) is 37.8 Å². The third-order valence-corrected chi connectivity index (χ3v) is 3.40. The molecule has 4 heteroatoms. The van der Waals surface area contributed by atoms with Crippen LogP contribution in [-0.2, 0) is 0 Å². The Kier molecular flexibility index (Phi) is 3.39. The van der Waals surface area contributed by atoms with E-state index in [0.29, 0.717) is 11.8 Å². The van der Waals surface area contributed by atoms with E-state index >= 15 is 0 Å². The van der Waals surface area contributed by atoms with Crippen LogP contribution in [-0.4, -0.2) is 23.1 Å². The first-order valence-electron chi connectivity index (χ1n) is 5.83. The molecule has 1 aromatic heterocycles. The van der Waals surface area contributed by atoms with Crippen molar-refractivity contribution in [2.75, 3.05) is 7.11 Å². The molecule has 3 unspecified atom stereocenters. The van der Waals surface area contributed by atoms with Gasteiger partial charge in [0, 0.05) is 24.4 Å². The van der Waals surface area contributed by atoms with Crippen molar-refractivity contribution in [3.63, 3.8) is 0 Å². The molecule has 0 saturated heterocycles. The molecule has 3 atom stereocenters. The van der Waals surface area contributed by atoms with Crippen LogP contribution in [0, 0.1) is 5.92 Å². The van der Waals surface area contributed by atoms with Gasteiger partial charge in [-0.15, -0.1) is 0 Å². The maximum absolute atomic E-state index is 6.17. The van der Waals surface area contributed by atoms with Crippen molar-refractivity contribution in [2.24, 2.45) is 11.7 Å². The van der Waals surface area contributed by atoms with Gasteiger partial charge in [0.25, 0.3) is 0 Å². The molecule has 1 aliphatic carbocycles. The van der Waals surface area contributed by atoms with Gasteiger partial charge < -0.3 is 10.5 Å².